The van der Waals surface area contributed by atoms with Gasteiger partial charge in [0.2, 0.25) is 5.88 Å². The maximum atomic E-state index is 10.6. The Bertz CT molecular complexity index is 1190. The summed E-state index contributed by atoms with van der Waals surface area (Å²) in [5.41, 5.74) is 5.40. The van der Waals surface area contributed by atoms with E-state index in [2.05, 4.69) is 40.1 Å². The summed E-state index contributed by atoms with van der Waals surface area (Å²) in [6, 6.07) is 14.1. The number of rotatable bonds is 3. The van der Waals surface area contributed by atoms with Crippen LogP contribution in [0.4, 0.5) is 13.2 Å². The minimum atomic E-state index is -5.08. The van der Waals surface area contributed by atoms with Crippen molar-refractivity contribution >= 4 is 29.2 Å². The molecule has 0 bridgehead atoms. The Labute approximate surface area is 203 Å². The summed E-state index contributed by atoms with van der Waals surface area (Å²) < 4.78 is 37.0. The topological polar surface area (TPSA) is 75.5 Å². The smallest absolute Gasteiger partial charge is 0.481 e. The van der Waals surface area contributed by atoms with E-state index in [1.54, 1.807) is 7.11 Å². The molecule has 2 aromatic carbocycles. The van der Waals surface area contributed by atoms with Crippen LogP contribution in [0.15, 0.2) is 48.8 Å². The fourth-order valence-corrected chi connectivity index (χ4v) is 4.22. The monoisotopic (exact) mass is 513 g/mol. The summed E-state index contributed by atoms with van der Waals surface area (Å²) in [7, 11) is 3.71. The van der Waals surface area contributed by atoms with Gasteiger partial charge in [-0.05, 0) is 41.9 Å². The van der Waals surface area contributed by atoms with Gasteiger partial charge in [-0.2, -0.15) is 13.2 Å². The van der Waals surface area contributed by atoms with Crippen LogP contribution in [0.1, 0.15) is 22.6 Å². The molecule has 0 aliphatic carbocycles. The minimum Gasteiger partial charge on any atom is -0.481 e. The van der Waals surface area contributed by atoms with E-state index in [-0.39, 0.29) is 5.92 Å². The third kappa shape index (κ3) is 6.16. The molecule has 3 aromatic rings. The van der Waals surface area contributed by atoms with E-state index in [1.165, 1.54) is 17.5 Å². The summed E-state index contributed by atoms with van der Waals surface area (Å²) in [4.78, 5) is 19.7. The summed E-state index contributed by atoms with van der Waals surface area (Å²) in [6.45, 7) is 1.73. The molecule has 0 saturated carbocycles. The van der Waals surface area contributed by atoms with E-state index < -0.39 is 12.1 Å². The van der Waals surface area contributed by atoms with Crippen molar-refractivity contribution < 1.29 is 27.8 Å². The number of likely N-dealkylation sites (N-methyl/N-ethyl adjacent to an activating group) is 1. The summed E-state index contributed by atoms with van der Waals surface area (Å²) >= 11 is 12.8. The van der Waals surface area contributed by atoms with E-state index in [0.29, 0.717) is 10.9 Å². The lowest BCUT2D eigenvalue weighted by Crippen LogP contribution is -2.31. The Morgan fingerprint density at radius 3 is 2.53 bits per heavy atom. The number of ether oxygens (including phenoxy) is 1. The van der Waals surface area contributed by atoms with Crippen LogP contribution in [0.3, 0.4) is 0 Å². The zero-order valence-corrected chi connectivity index (χ0v) is 19.6. The van der Waals surface area contributed by atoms with Crippen molar-refractivity contribution in [3.8, 4) is 17.1 Å². The lowest BCUT2D eigenvalue weighted by molar-refractivity contribution is -0.192. The zero-order chi connectivity index (χ0) is 25.0. The molecule has 2 heterocycles. The maximum Gasteiger partial charge on any atom is 0.490 e. The molecule has 180 valence electrons. The zero-order valence-electron chi connectivity index (χ0n) is 18.1. The first-order chi connectivity index (χ1) is 16.0. The van der Waals surface area contributed by atoms with Crippen LogP contribution in [-0.4, -0.2) is 52.8 Å². The first-order valence-electron chi connectivity index (χ1n) is 9.92. The molecule has 1 aliphatic rings. The van der Waals surface area contributed by atoms with Crippen molar-refractivity contribution in [2.75, 3.05) is 20.7 Å². The number of nitrogens with zero attached hydrogens (tertiary/aromatic N) is 3. The molecule has 34 heavy (non-hydrogen) atoms. The molecule has 0 fully saturated rings. The Hall–Kier alpha value is -2.88. The predicted octanol–water partition coefficient (Wildman–Crippen LogP) is 5.67. The van der Waals surface area contributed by atoms with Gasteiger partial charge in [0.1, 0.15) is 6.33 Å². The van der Waals surface area contributed by atoms with Gasteiger partial charge in [-0.25, -0.2) is 14.8 Å². The van der Waals surface area contributed by atoms with Crippen molar-refractivity contribution in [1.82, 2.24) is 14.9 Å². The van der Waals surface area contributed by atoms with Crippen molar-refractivity contribution in [3.63, 3.8) is 0 Å². The largest absolute Gasteiger partial charge is 0.490 e. The van der Waals surface area contributed by atoms with E-state index in [4.69, 9.17) is 37.8 Å². The minimum absolute atomic E-state index is 0.193. The van der Waals surface area contributed by atoms with Crippen molar-refractivity contribution in [2.24, 2.45) is 0 Å². The molecule has 6 nitrogen and oxygen atoms in total. The third-order valence-electron chi connectivity index (χ3n) is 5.17. The van der Waals surface area contributed by atoms with Gasteiger partial charge in [-0.1, -0.05) is 41.4 Å². The molecule has 4 rings (SSSR count). The number of carboxylic acids is 1. The highest BCUT2D eigenvalue weighted by molar-refractivity contribution is 6.35. The average Bonchev–Trinajstić information content (AvgIpc) is 2.79. The SMILES string of the molecule is COc1cc(-c2cccc([C@@H]3CN(C)Cc4c(Cl)cc(Cl)cc43)c2)ncn1.O=C(O)C(F)(F)F. The number of aliphatic carboxylic acids is 1. The van der Waals surface area contributed by atoms with Gasteiger partial charge >= 0.3 is 12.1 Å². The first-order valence-corrected chi connectivity index (χ1v) is 10.7. The van der Waals surface area contributed by atoms with Gasteiger partial charge in [0.05, 0.1) is 12.8 Å². The Morgan fingerprint density at radius 2 is 1.88 bits per heavy atom. The molecular weight excluding hydrogens is 494 g/mol. The van der Waals surface area contributed by atoms with Gasteiger partial charge in [-0.15, -0.1) is 0 Å². The summed E-state index contributed by atoms with van der Waals surface area (Å²) in [5, 5.41) is 8.52. The quantitative estimate of drug-likeness (QED) is 0.486. The Morgan fingerprint density at radius 1 is 1.18 bits per heavy atom. The number of hydrogen-bond donors (Lipinski definition) is 1. The van der Waals surface area contributed by atoms with Gasteiger partial charge in [-0.3, -0.25) is 0 Å². The third-order valence-corrected chi connectivity index (χ3v) is 5.73. The number of benzene rings is 2. The van der Waals surface area contributed by atoms with Gasteiger partial charge in [0.15, 0.2) is 0 Å². The number of halogens is 5. The molecule has 0 spiro atoms. The van der Waals surface area contributed by atoms with Gasteiger partial charge in [0.25, 0.3) is 0 Å². The molecular formula is C23H20Cl2F3N3O3. The Kier molecular flexibility index (Phi) is 8.01. The molecule has 0 radical (unpaired) electrons. The number of carboxylic acid groups (broad SMARTS) is 1. The Balaban J connectivity index is 0.000000406. The second-order valence-corrected chi connectivity index (χ2v) is 8.42. The number of methoxy groups -OCH3 is 1. The lowest BCUT2D eigenvalue weighted by Gasteiger charge is -2.33. The normalized spacial score (nSPS) is 15.7. The van der Waals surface area contributed by atoms with Gasteiger partial charge < -0.3 is 14.7 Å². The highest BCUT2D eigenvalue weighted by atomic mass is 35.5. The summed E-state index contributed by atoms with van der Waals surface area (Å²) in [5.74, 6) is -2.02. The van der Waals surface area contributed by atoms with Crippen LogP contribution >= 0.6 is 23.2 Å². The van der Waals surface area contributed by atoms with E-state index >= 15 is 0 Å². The number of fused-ring (bicyclic) bond motifs is 1. The molecule has 1 atom stereocenters. The second kappa shape index (κ2) is 10.6. The number of hydrogen-bond acceptors (Lipinski definition) is 5. The maximum absolute atomic E-state index is 10.6. The second-order valence-electron chi connectivity index (χ2n) is 7.58. The van der Waals surface area contributed by atoms with E-state index in [9.17, 15) is 13.2 Å². The molecule has 0 saturated heterocycles. The van der Waals surface area contributed by atoms with E-state index in [0.717, 1.165) is 34.9 Å². The standard InChI is InChI=1S/C21H19Cl2N3O.C2HF3O2/c1-26-10-17(16-7-15(22)8-19(23)18(16)11-26)13-4-3-5-14(6-13)20-9-21(27-2)25-12-24-20;3-2(4,5)1(6)7/h3-9,12,17H,10-11H2,1-2H3;(H,6,7)/t17-;/m0./s1. The van der Waals surface area contributed by atoms with Crippen LogP contribution in [0.25, 0.3) is 11.3 Å². The highest BCUT2D eigenvalue weighted by Gasteiger charge is 2.38. The number of aromatic nitrogens is 2. The average molecular weight is 514 g/mol. The summed E-state index contributed by atoms with van der Waals surface area (Å²) in [6.07, 6.45) is -3.57. The van der Waals surface area contributed by atoms with Crippen LogP contribution < -0.4 is 4.74 Å². The fraction of sp³-hybridized carbons (Fsp3) is 0.261. The molecule has 0 amide bonds. The van der Waals surface area contributed by atoms with Gasteiger partial charge in [0, 0.05) is 40.7 Å². The molecule has 1 aromatic heterocycles. The molecule has 1 N–H and O–H groups in total. The number of alkyl halides is 3. The van der Waals surface area contributed by atoms with Crippen molar-refractivity contribution in [1.29, 1.82) is 0 Å². The van der Waals surface area contributed by atoms with Crippen LogP contribution in [0.2, 0.25) is 10.0 Å². The molecule has 11 heteroatoms. The van der Waals surface area contributed by atoms with E-state index in [1.807, 2.05) is 24.3 Å². The first kappa shape index (κ1) is 25.7. The van der Waals surface area contributed by atoms with Crippen molar-refractivity contribution in [3.05, 3.63) is 75.5 Å². The molecule has 0 unspecified atom stereocenters. The lowest BCUT2D eigenvalue weighted by atomic mass is 9.84. The van der Waals surface area contributed by atoms with Crippen LogP contribution in [0.5, 0.6) is 5.88 Å². The number of carbonyl (C=O) groups is 1. The predicted molar refractivity (Wildman–Crippen MR) is 122 cm³/mol. The van der Waals surface area contributed by atoms with Crippen LogP contribution in [-0.2, 0) is 11.3 Å². The molecule has 1 aliphatic heterocycles. The van der Waals surface area contributed by atoms with Crippen molar-refractivity contribution in [2.45, 2.75) is 18.6 Å². The highest BCUT2D eigenvalue weighted by Crippen LogP contribution is 2.39. The fourth-order valence-electron chi connectivity index (χ4n) is 3.65. The van der Waals surface area contributed by atoms with Crippen LogP contribution in [0, 0.1) is 0 Å².